The lowest BCUT2D eigenvalue weighted by atomic mass is 10.2. The molecule has 1 amide bonds. The summed E-state index contributed by atoms with van der Waals surface area (Å²) in [5.41, 5.74) is 0.300. The summed E-state index contributed by atoms with van der Waals surface area (Å²) in [6, 6.07) is 7.36. The van der Waals surface area contributed by atoms with Gasteiger partial charge in [0.2, 0.25) is 10.0 Å². The van der Waals surface area contributed by atoms with E-state index < -0.39 is 15.9 Å². The summed E-state index contributed by atoms with van der Waals surface area (Å²) >= 11 is 1.33. The van der Waals surface area contributed by atoms with Gasteiger partial charge in [0.1, 0.15) is 0 Å². The average molecular weight is 350 g/mol. The van der Waals surface area contributed by atoms with Crippen LogP contribution in [0.3, 0.4) is 0 Å². The third-order valence-corrected chi connectivity index (χ3v) is 5.22. The standard InChI is InChI=1S/C14H14N4O3S2/c1-18-9-10-22-14(18)17-13(19)11-3-5-12(6-4-11)23(20,21)16-8-2-7-15/h3-6,9-10,16H,2,8H2,1H3. The number of carbonyl (C=O) groups excluding carboxylic acids is 1. The number of nitrogens with one attached hydrogen (secondary N) is 1. The highest BCUT2D eigenvalue weighted by molar-refractivity contribution is 7.89. The molecule has 1 N–H and O–H groups in total. The number of rotatable bonds is 5. The maximum atomic E-state index is 12.1. The predicted molar refractivity (Wildman–Crippen MR) is 85.0 cm³/mol. The van der Waals surface area contributed by atoms with E-state index >= 15 is 0 Å². The third kappa shape index (κ3) is 4.35. The van der Waals surface area contributed by atoms with E-state index in [-0.39, 0.29) is 17.9 Å². The van der Waals surface area contributed by atoms with Crippen molar-refractivity contribution in [3.8, 4) is 6.07 Å². The van der Waals surface area contributed by atoms with Gasteiger partial charge in [0.15, 0.2) is 4.80 Å². The molecule has 0 aliphatic carbocycles. The summed E-state index contributed by atoms with van der Waals surface area (Å²) in [5.74, 6) is -0.440. The van der Waals surface area contributed by atoms with Crippen molar-refractivity contribution in [2.24, 2.45) is 12.0 Å². The summed E-state index contributed by atoms with van der Waals surface area (Å²) in [6.45, 7) is 0.0454. The fraction of sp³-hybridized carbons (Fsp3) is 0.214. The van der Waals surface area contributed by atoms with Crippen molar-refractivity contribution in [3.63, 3.8) is 0 Å². The van der Waals surface area contributed by atoms with E-state index in [1.807, 2.05) is 11.4 Å². The minimum atomic E-state index is -3.68. The van der Waals surface area contributed by atoms with Gasteiger partial charge in [-0.2, -0.15) is 10.3 Å². The molecule has 0 aliphatic heterocycles. The summed E-state index contributed by atoms with van der Waals surface area (Å²) < 4.78 is 27.9. The fourth-order valence-electron chi connectivity index (χ4n) is 1.69. The Balaban J connectivity index is 2.18. The highest BCUT2D eigenvalue weighted by Gasteiger charge is 2.14. The molecule has 1 aromatic heterocycles. The van der Waals surface area contributed by atoms with Crippen LogP contribution in [0.1, 0.15) is 16.8 Å². The first-order chi connectivity index (χ1) is 10.9. The Hall–Kier alpha value is -2.28. The topological polar surface area (TPSA) is 104 Å². The lowest BCUT2D eigenvalue weighted by molar-refractivity contribution is 0.0997. The van der Waals surface area contributed by atoms with Gasteiger partial charge in [-0.25, -0.2) is 13.1 Å². The van der Waals surface area contributed by atoms with Gasteiger partial charge in [0.25, 0.3) is 5.91 Å². The van der Waals surface area contributed by atoms with Gasteiger partial charge in [0, 0.05) is 37.2 Å². The predicted octanol–water partition coefficient (Wildman–Crippen LogP) is 1.02. The zero-order valence-corrected chi connectivity index (χ0v) is 13.9. The zero-order valence-electron chi connectivity index (χ0n) is 12.3. The smallest absolute Gasteiger partial charge is 0.279 e. The SMILES string of the molecule is Cn1ccsc1=NC(=O)c1ccc(S(=O)(=O)NCCC#N)cc1. The zero-order chi connectivity index (χ0) is 16.9. The largest absolute Gasteiger partial charge is 0.327 e. The van der Waals surface area contributed by atoms with Crippen molar-refractivity contribution in [2.75, 3.05) is 6.54 Å². The lowest BCUT2D eigenvalue weighted by Crippen LogP contribution is -2.24. The molecular formula is C14H14N4O3S2. The van der Waals surface area contributed by atoms with E-state index in [1.54, 1.807) is 17.8 Å². The Morgan fingerprint density at radius 1 is 1.39 bits per heavy atom. The number of benzene rings is 1. The molecule has 0 radical (unpaired) electrons. The van der Waals surface area contributed by atoms with Gasteiger partial charge in [-0.15, -0.1) is 11.3 Å². The van der Waals surface area contributed by atoms with Crippen LogP contribution in [0, 0.1) is 11.3 Å². The fourth-order valence-corrected chi connectivity index (χ4v) is 3.45. The molecule has 120 valence electrons. The van der Waals surface area contributed by atoms with E-state index in [1.165, 1.54) is 35.6 Å². The van der Waals surface area contributed by atoms with Crippen LogP contribution in [-0.2, 0) is 17.1 Å². The second kappa shape index (κ2) is 7.32. The van der Waals surface area contributed by atoms with Gasteiger partial charge in [-0.1, -0.05) is 0 Å². The normalized spacial score (nSPS) is 12.1. The number of thiazole rings is 1. The Kier molecular flexibility index (Phi) is 5.44. The minimum absolute atomic E-state index is 0.0358. The summed E-state index contributed by atoms with van der Waals surface area (Å²) in [5, 5.41) is 10.2. The number of hydrogen-bond acceptors (Lipinski definition) is 5. The van der Waals surface area contributed by atoms with E-state index in [2.05, 4.69) is 9.71 Å². The molecule has 23 heavy (non-hydrogen) atoms. The van der Waals surface area contributed by atoms with Crippen LogP contribution < -0.4 is 9.52 Å². The molecule has 0 bridgehead atoms. The molecule has 1 aromatic carbocycles. The van der Waals surface area contributed by atoms with Crippen LogP contribution in [0.25, 0.3) is 0 Å². The molecule has 0 fully saturated rings. The lowest BCUT2D eigenvalue weighted by Gasteiger charge is -2.05. The molecule has 0 spiro atoms. The van der Waals surface area contributed by atoms with Crippen LogP contribution in [0.5, 0.6) is 0 Å². The molecule has 9 heteroatoms. The number of nitrogens with zero attached hydrogens (tertiary/aromatic N) is 3. The molecule has 0 saturated heterocycles. The molecule has 7 nitrogen and oxygen atoms in total. The first-order valence-corrected chi connectivity index (χ1v) is 8.96. The molecule has 1 heterocycles. The monoisotopic (exact) mass is 350 g/mol. The van der Waals surface area contributed by atoms with E-state index in [0.29, 0.717) is 10.4 Å². The molecule has 0 saturated carbocycles. The van der Waals surface area contributed by atoms with Crippen molar-refractivity contribution in [3.05, 3.63) is 46.2 Å². The van der Waals surface area contributed by atoms with E-state index in [0.717, 1.165) is 0 Å². The van der Waals surface area contributed by atoms with Crippen LogP contribution in [0.4, 0.5) is 0 Å². The van der Waals surface area contributed by atoms with E-state index in [9.17, 15) is 13.2 Å². The number of carbonyl (C=O) groups is 1. The second-order valence-corrected chi connectivity index (χ2v) is 7.18. The summed E-state index contributed by atoms with van der Waals surface area (Å²) in [7, 11) is -1.89. The Morgan fingerprint density at radius 2 is 2.09 bits per heavy atom. The number of sulfonamides is 1. The van der Waals surface area contributed by atoms with Crippen molar-refractivity contribution in [1.29, 1.82) is 5.26 Å². The first kappa shape index (κ1) is 17.1. The Morgan fingerprint density at radius 3 is 2.65 bits per heavy atom. The summed E-state index contributed by atoms with van der Waals surface area (Å²) in [6.07, 6.45) is 1.88. The highest BCUT2D eigenvalue weighted by Crippen LogP contribution is 2.11. The molecule has 2 rings (SSSR count). The second-order valence-electron chi connectivity index (χ2n) is 4.54. The van der Waals surface area contributed by atoms with Crippen LogP contribution in [-0.4, -0.2) is 25.4 Å². The molecule has 0 atom stereocenters. The van der Waals surface area contributed by atoms with Gasteiger partial charge < -0.3 is 4.57 Å². The minimum Gasteiger partial charge on any atom is -0.327 e. The van der Waals surface area contributed by atoms with E-state index in [4.69, 9.17) is 5.26 Å². The third-order valence-electron chi connectivity index (χ3n) is 2.90. The number of nitriles is 1. The number of aromatic nitrogens is 1. The average Bonchev–Trinajstić information content (AvgIpc) is 2.93. The Labute approximate surface area is 137 Å². The number of aryl methyl sites for hydroxylation is 1. The molecule has 0 unspecified atom stereocenters. The van der Waals surface area contributed by atoms with Gasteiger partial charge in [0.05, 0.1) is 11.0 Å². The van der Waals surface area contributed by atoms with Crippen LogP contribution in [0.15, 0.2) is 45.7 Å². The maximum Gasteiger partial charge on any atom is 0.279 e. The first-order valence-electron chi connectivity index (χ1n) is 6.60. The van der Waals surface area contributed by atoms with Gasteiger partial charge in [-0.05, 0) is 24.3 Å². The maximum absolute atomic E-state index is 12.1. The van der Waals surface area contributed by atoms with Crippen LogP contribution >= 0.6 is 11.3 Å². The van der Waals surface area contributed by atoms with Crippen molar-refractivity contribution in [2.45, 2.75) is 11.3 Å². The molecule has 2 aromatic rings. The summed E-state index contributed by atoms with van der Waals surface area (Å²) in [4.78, 5) is 16.6. The van der Waals surface area contributed by atoms with Crippen LogP contribution in [0.2, 0.25) is 0 Å². The van der Waals surface area contributed by atoms with Crippen molar-refractivity contribution < 1.29 is 13.2 Å². The van der Waals surface area contributed by atoms with Crippen molar-refractivity contribution >= 4 is 27.3 Å². The highest BCUT2D eigenvalue weighted by atomic mass is 32.2. The van der Waals surface area contributed by atoms with Crippen molar-refractivity contribution in [1.82, 2.24) is 9.29 Å². The number of hydrogen-bond donors (Lipinski definition) is 1. The number of amides is 1. The Bertz CT molecular complexity index is 902. The van der Waals surface area contributed by atoms with Gasteiger partial charge in [-0.3, -0.25) is 4.79 Å². The quantitative estimate of drug-likeness (QED) is 0.813. The molecular weight excluding hydrogens is 336 g/mol. The van der Waals surface area contributed by atoms with Gasteiger partial charge >= 0.3 is 0 Å². The molecule has 0 aliphatic rings.